The van der Waals surface area contributed by atoms with Crippen LogP contribution in [0.3, 0.4) is 0 Å². The number of thioether (sulfide) groups is 2. The summed E-state index contributed by atoms with van der Waals surface area (Å²) in [6, 6.07) is 36.5. The third-order valence-corrected chi connectivity index (χ3v) is 8.96. The molecular weight excluding hydrogens is 525 g/mol. The van der Waals surface area contributed by atoms with Crippen molar-refractivity contribution in [3.8, 4) is 0 Å². The van der Waals surface area contributed by atoms with Gasteiger partial charge in [0.1, 0.15) is 0 Å². The number of anilines is 3. The van der Waals surface area contributed by atoms with Gasteiger partial charge in [0, 0.05) is 11.4 Å². The number of para-hydroxylation sites is 3. The summed E-state index contributed by atoms with van der Waals surface area (Å²) in [5.41, 5.74) is 4.24. The number of carbonyl (C=O) groups excluding carboxylic acids is 2. The summed E-state index contributed by atoms with van der Waals surface area (Å²) >= 11 is 2.66. The summed E-state index contributed by atoms with van der Waals surface area (Å²) in [6.45, 7) is 2.03. The number of carbonyl (C=O) groups is 2. The lowest BCUT2D eigenvalue weighted by Gasteiger charge is -2.38. The van der Waals surface area contributed by atoms with E-state index >= 15 is 0 Å². The third-order valence-electron chi connectivity index (χ3n) is 6.24. The predicted octanol–water partition coefficient (Wildman–Crippen LogP) is 6.93. The minimum atomic E-state index is -1.08. The van der Waals surface area contributed by atoms with Gasteiger partial charge in [-0.1, -0.05) is 96.2 Å². The molecule has 0 bridgehead atoms. The first kappa shape index (κ1) is 25.0. The van der Waals surface area contributed by atoms with Gasteiger partial charge in [0.25, 0.3) is 11.8 Å². The smallest absolute Gasteiger partial charge is 0.282 e. The molecule has 0 aliphatic carbocycles. The summed E-state index contributed by atoms with van der Waals surface area (Å²) in [7, 11) is 0. The molecule has 2 aliphatic heterocycles. The number of hydrazone groups is 1. The Morgan fingerprint density at radius 1 is 0.795 bits per heavy atom. The Bertz CT molecular complexity index is 1580. The lowest BCUT2D eigenvalue weighted by Crippen LogP contribution is -2.51. The molecule has 1 atom stereocenters. The second-order valence-electron chi connectivity index (χ2n) is 9.02. The molecule has 0 saturated carbocycles. The molecule has 4 aromatic carbocycles. The van der Waals surface area contributed by atoms with E-state index in [1.54, 1.807) is 9.91 Å². The first-order chi connectivity index (χ1) is 19.0. The molecule has 192 valence electrons. The maximum absolute atomic E-state index is 14.1. The molecule has 1 fully saturated rings. The fourth-order valence-corrected chi connectivity index (χ4v) is 7.25. The van der Waals surface area contributed by atoms with Gasteiger partial charge in [-0.3, -0.25) is 14.5 Å². The molecule has 6 nitrogen and oxygen atoms in total. The Morgan fingerprint density at radius 2 is 1.38 bits per heavy atom. The van der Waals surface area contributed by atoms with Crippen LogP contribution in [0.1, 0.15) is 11.1 Å². The van der Waals surface area contributed by atoms with E-state index in [2.05, 4.69) is 5.32 Å². The van der Waals surface area contributed by atoms with Gasteiger partial charge >= 0.3 is 0 Å². The Labute approximate surface area is 235 Å². The summed E-state index contributed by atoms with van der Waals surface area (Å²) in [5.74, 6) is -0.485. The Morgan fingerprint density at radius 3 is 2.03 bits per heavy atom. The van der Waals surface area contributed by atoms with E-state index < -0.39 is 4.33 Å². The van der Waals surface area contributed by atoms with Crippen LogP contribution in [-0.2, 0) is 9.59 Å². The van der Waals surface area contributed by atoms with E-state index in [0.29, 0.717) is 10.6 Å². The van der Waals surface area contributed by atoms with Gasteiger partial charge in [-0.15, -0.1) is 0 Å². The van der Waals surface area contributed by atoms with Crippen molar-refractivity contribution in [2.45, 2.75) is 11.3 Å². The number of aryl methyl sites for hydroxylation is 1. The molecular formula is C31H24N4O2S2. The van der Waals surface area contributed by atoms with E-state index in [9.17, 15) is 9.59 Å². The minimum Gasteiger partial charge on any atom is -0.320 e. The van der Waals surface area contributed by atoms with Crippen LogP contribution in [0, 0.1) is 6.92 Å². The number of nitrogens with zero attached hydrogens (tertiary/aromatic N) is 3. The molecule has 2 amide bonds. The molecule has 1 spiro atoms. The third kappa shape index (κ3) is 4.84. The standard InChI is InChI=1S/C31H24N4O2S2/c1-22-17-19-23(20-18-22)21-27-30(37)34(25-13-7-3-8-14-25)31(38-27)35(26-15-9-4-10-16-26)33-29(39-31)28(36)32-24-11-5-2-6-12-24/h2-21H,1H3,(H,32,36)/b27-21-. The maximum atomic E-state index is 14.1. The Balaban J connectivity index is 1.46. The van der Waals surface area contributed by atoms with E-state index in [0.717, 1.165) is 22.5 Å². The van der Waals surface area contributed by atoms with E-state index in [1.165, 1.54) is 23.5 Å². The second-order valence-corrected chi connectivity index (χ2v) is 11.7. The SMILES string of the molecule is Cc1ccc(/C=C2\SC3(SC(C(=O)Nc4ccccc4)=NN3c3ccccc3)N(c3ccccc3)C2=O)cc1. The fourth-order valence-electron chi connectivity index (χ4n) is 4.37. The van der Waals surface area contributed by atoms with E-state index in [1.807, 2.05) is 128 Å². The molecule has 4 aromatic rings. The first-order valence-electron chi connectivity index (χ1n) is 12.4. The van der Waals surface area contributed by atoms with Gasteiger partial charge in [-0.05, 0) is 66.7 Å². The molecule has 8 heteroatoms. The largest absolute Gasteiger partial charge is 0.320 e. The quantitative estimate of drug-likeness (QED) is 0.274. The van der Waals surface area contributed by atoms with Crippen molar-refractivity contribution in [2.24, 2.45) is 5.10 Å². The number of benzene rings is 4. The van der Waals surface area contributed by atoms with Gasteiger partial charge in [-0.25, -0.2) is 5.01 Å². The highest BCUT2D eigenvalue weighted by Crippen LogP contribution is 2.59. The highest BCUT2D eigenvalue weighted by Gasteiger charge is 2.60. The molecule has 39 heavy (non-hydrogen) atoms. The molecule has 2 aliphatic rings. The van der Waals surface area contributed by atoms with Crippen molar-refractivity contribution in [1.29, 1.82) is 0 Å². The highest BCUT2D eigenvalue weighted by atomic mass is 32.2. The average molecular weight is 549 g/mol. The Kier molecular flexibility index (Phi) is 6.72. The van der Waals surface area contributed by atoms with Crippen molar-refractivity contribution < 1.29 is 9.59 Å². The lowest BCUT2D eigenvalue weighted by molar-refractivity contribution is -0.114. The van der Waals surface area contributed by atoms with Gasteiger partial charge in [0.15, 0.2) is 5.04 Å². The molecule has 6 rings (SSSR count). The van der Waals surface area contributed by atoms with Gasteiger partial charge < -0.3 is 5.32 Å². The van der Waals surface area contributed by atoms with Crippen molar-refractivity contribution >= 4 is 63.5 Å². The predicted molar refractivity (Wildman–Crippen MR) is 162 cm³/mol. The molecule has 1 unspecified atom stereocenters. The van der Waals surface area contributed by atoms with Crippen molar-refractivity contribution in [1.82, 2.24) is 0 Å². The lowest BCUT2D eigenvalue weighted by atomic mass is 10.1. The van der Waals surface area contributed by atoms with Crippen molar-refractivity contribution in [2.75, 3.05) is 15.2 Å². The van der Waals surface area contributed by atoms with Crippen molar-refractivity contribution in [3.05, 3.63) is 131 Å². The zero-order chi connectivity index (χ0) is 26.8. The molecule has 0 aromatic heterocycles. The van der Waals surface area contributed by atoms with Crippen LogP contribution in [-0.4, -0.2) is 21.2 Å². The highest BCUT2D eigenvalue weighted by molar-refractivity contribution is 8.29. The minimum absolute atomic E-state index is 0.153. The zero-order valence-electron chi connectivity index (χ0n) is 21.0. The zero-order valence-corrected chi connectivity index (χ0v) is 22.7. The molecule has 1 N–H and O–H groups in total. The average Bonchev–Trinajstić information content (AvgIpc) is 3.48. The number of amides is 2. The van der Waals surface area contributed by atoms with Crippen LogP contribution >= 0.6 is 23.5 Å². The van der Waals surface area contributed by atoms with Crippen LogP contribution in [0.2, 0.25) is 0 Å². The van der Waals surface area contributed by atoms with Gasteiger partial charge in [0.2, 0.25) is 4.33 Å². The number of hydrogen-bond donors (Lipinski definition) is 1. The monoisotopic (exact) mass is 548 g/mol. The van der Waals surface area contributed by atoms with Gasteiger partial charge in [0.05, 0.1) is 10.6 Å². The summed E-state index contributed by atoms with van der Waals surface area (Å²) in [6.07, 6.45) is 1.91. The summed E-state index contributed by atoms with van der Waals surface area (Å²) in [5, 5.41) is 9.80. The summed E-state index contributed by atoms with van der Waals surface area (Å²) < 4.78 is -1.08. The number of nitrogens with one attached hydrogen (secondary N) is 1. The van der Waals surface area contributed by atoms with Gasteiger partial charge in [-0.2, -0.15) is 5.10 Å². The first-order valence-corrected chi connectivity index (χ1v) is 14.0. The topological polar surface area (TPSA) is 65.0 Å². The van der Waals surface area contributed by atoms with Crippen LogP contribution in [0.5, 0.6) is 0 Å². The van der Waals surface area contributed by atoms with Crippen LogP contribution < -0.4 is 15.2 Å². The summed E-state index contributed by atoms with van der Waals surface area (Å²) in [4.78, 5) is 29.9. The molecule has 0 radical (unpaired) electrons. The van der Waals surface area contributed by atoms with Crippen molar-refractivity contribution in [3.63, 3.8) is 0 Å². The number of hydrogen-bond acceptors (Lipinski definition) is 6. The maximum Gasteiger partial charge on any atom is 0.282 e. The fraction of sp³-hybridized carbons (Fsp3) is 0.0645. The molecule has 1 saturated heterocycles. The Hall–Kier alpha value is -4.27. The van der Waals surface area contributed by atoms with Crippen LogP contribution in [0.25, 0.3) is 6.08 Å². The second kappa shape index (κ2) is 10.5. The van der Waals surface area contributed by atoms with E-state index in [4.69, 9.17) is 5.10 Å². The van der Waals surface area contributed by atoms with Crippen LogP contribution in [0.4, 0.5) is 17.1 Å². The number of rotatable bonds is 5. The molecule has 2 heterocycles. The van der Waals surface area contributed by atoms with E-state index in [-0.39, 0.29) is 16.9 Å². The normalized spacial score (nSPS) is 19.6. The van der Waals surface area contributed by atoms with Crippen LogP contribution in [0.15, 0.2) is 125 Å².